The highest BCUT2D eigenvalue weighted by Crippen LogP contribution is 2.20. The minimum atomic E-state index is -0.519. The zero-order valence-corrected chi connectivity index (χ0v) is 10.1. The Labute approximate surface area is 107 Å². The Morgan fingerprint density at radius 2 is 2.33 bits per heavy atom. The number of halogens is 2. The number of ether oxygens (including phenoxy) is 1. The van der Waals surface area contributed by atoms with Crippen molar-refractivity contribution in [3.05, 3.63) is 40.4 Å². The predicted molar refractivity (Wildman–Crippen MR) is 61.8 cm³/mol. The fourth-order valence-corrected chi connectivity index (χ4v) is 1.65. The van der Waals surface area contributed by atoms with Gasteiger partial charge in [0.1, 0.15) is 17.6 Å². The molecule has 18 heavy (non-hydrogen) atoms. The molecule has 1 aromatic heterocycles. The molecule has 0 aliphatic rings. The molecule has 0 fully saturated rings. The highest BCUT2D eigenvalue weighted by atomic mass is 35.5. The van der Waals surface area contributed by atoms with Gasteiger partial charge in [0.25, 0.3) is 0 Å². The summed E-state index contributed by atoms with van der Waals surface area (Å²) in [5.41, 5.74) is 1.17. The van der Waals surface area contributed by atoms with Crippen molar-refractivity contribution in [2.45, 2.75) is 6.61 Å². The van der Waals surface area contributed by atoms with Gasteiger partial charge in [0.2, 0.25) is 0 Å². The highest BCUT2D eigenvalue weighted by molar-refractivity contribution is 6.30. The second kappa shape index (κ2) is 5.12. The average molecular weight is 267 g/mol. The number of aromatic nitrogens is 3. The quantitative estimate of drug-likeness (QED) is 0.853. The van der Waals surface area contributed by atoms with Crippen LogP contribution in [0.25, 0.3) is 5.69 Å². The molecular formula is C11H8ClFN4O. The average Bonchev–Trinajstić information content (AvgIpc) is 2.76. The van der Waals surface area contributed by atoms with Crippen LogP contribution in [0.15, 0.2) is 18.2 Å². The van der Waals surface area contributed by atoms with Crippen molar-refractivity contribution in [2.24, 2.45) is 0 Å². The van der Waals surface area contributed by atoms with E-state index in [1.165, 1.54) is 30.0 Å². The van der Waals surface area contributed by atoms with Crippen molar-refractivity contribution in [2.75, 3.05) is 7.11 Å². The molecule has 1 aromatic carbocycles. The Kier molecular flexibility index (Phi) is 3.55. The molecule has 0 bridgehead atoms. The van der Waals surface area contributed by atoms with Crippen LogP contribution < -0.4 is 0 Å². The minimum absolute atomic E-state index is 0.0233. The van der Waals surface area contributed by atoms with Gasteiger partial charge in [0, 0.05) is 7.11 Å². The van der Waals surface area contributed by atoms with Crippen molar-refractivity contribution in [1.29, 1.82) is 5.26 Å². The molecule has 0 saturated carbocycles. The Morgan fingerprint density at radius 3 is 2.94 bits per heavy atom. The molecule has 0 spiro atoms. The number of methoxy groups -OCH3 is 1. The maximum absolute atomic E-state index is 13.1. The van der Waals surface area contributed by atoms with E-state index in [1.54, 1.807) is 0 Å². The van der Waals surface area contributed by atoms with Gasteiger partial charge >= 0.3 is 0 Å². The van der Waals surface area contributed by atoms with Crippen molar-refractivity contribution in [3.8, 4) is 11.8 Å². The molecule has 0 radical (unpaired) electrons. The molecule has 5 nitrogen and oxygen atoms in total. The molecule has 0 N–H and O–H groups in total. The van der Waals surface area contributed by atoms with Crippen molar-refractivity contribution >= 4 is 11.6 Å². The Balaban J connectivity index is 2.53. The van der Waals surface area contributed by atoms with Crippen molar-refractivity contribution < 1.29 is 9.13 Å². The molecular weight excluding hydrogens is 259 g/mol. The predicted octanol–water partition coefficient (Wildman–Crippen LogP) is 2.08. The number of hydrogen-bond acceptors (Lipinski definition) is 4. The zero-order chi connectivity index (χ0) is 13.1. The van der Waals surface area contributed by atoms with Gasteiger partial charge in [-0.25, -0.2) is 9.07 Å². The Hall–Kier alpha value is -1.97. The Morgan fingerprint density at radius 1 is 1.56 bits per heavy atom. The Bertz CT molecular complexity index is 620. The van der Waals surface area contributed by atoms with Gasteiger partial charge in [-0.15, -0.1) is 5.10 Å². The normalized spacial score (nSPS) is 10.3. The molecule has 2 aromatic rings. The molecule has 0 atom stereocenters. The molecule has 92 valence electrons. The lowest BCUT2D eigenvalue weighted by Crippen LogP contribution is -2.04. The summed E-state index contributed by atoms with van der Waals surface area (Å²) in [6, 6.07) is 6.04. The van der Waals surface area contributed by atoms with Crippen LogP contribution in [0.5, 0.6) is 0 Å². The van der Waals surface area contributed by atoms with E-state index in [4.69, 9.17) is 21.6 Å². The molecule has 0 aliphatic heterocycles. The number of benzene rings is 1. The smallest absolute Gasteiger partial charge is 0.188 e. The van der Waals surface area contributed by atoms with E-state index in [0.29, 0.717) is 11.4 Å². The third kappa shape index (κ3) is 2.18. The van der Waals surface area contributed by atoms with Crippen LogP contribution in [-0.2, 0) is 11.3 Å². The first-order valence-electron chi connectivity index (χ1n) is 4.96. The summed E-state index contributed by atoms with van der Waals surface area (Å²) in [5, 5.41) is 16.4. The van der Waals surface area contributed by atoms with Crippen LogP contribution in [0.1, 0.15) is 11.4 Å². The first-order chi connectivity index (χ1) is 8.67. The summed E-state index contributed by atoms with van der Waals surface area (Å²) in [6.07, 6.45) is 0. The third-order valence-electron chi connectivity index (χ3n) is 2.30. The van der Waals surface area contributed by atoms with Gasteiger partial charge in [-0.1, -0.05) is 16.8 Å². The highest BCUT2D eigenvalue weighted by Gasteiger charge is 2.14. The molecule has 1 heterocycles. The summed E-state index contributed by atoms with van der Waals surface area (Å²) in [4.78, 5) is 0. The minimum Gasteiger partial charge on any atom is -0.378 e. The van der Waals surface area contributed by atoms with Crippen LogP contribution in [0.3, 0.4) is 0 Å². The van der Waals surface area contributed by atoms with Crippen molar-refractivity contribution in [1.82, 2.24) is 15.0 Å². The second-order valence-electron chi connectivity index (χ2n) is 3.44. The van der Waals surface area contributed by atoms with Gasteiger partial charge < -0.3 is 4.74 Å². The van der Waals surface area contributed by atoms with Crippen molar-refractivity contribution in [3.63, 3.8) is 0 Å². The first-order valence-corrected chi connectivity index (χ1v) is 5.34. The maximum Gasteiger partial charge on any atom is 0.188 e. The lowest BCUT2D eigenvalue weighted by Gasteiger charge is -2.06. The van der Waals surface area contributed by atoms with E-state index >= 15 is 0 Å². The molecule has 2 rings (SSSR count). The summed E-state index contributed by atoms with van der Waals surface area (Å²) >= 11 is 5.70. The molecule has 7 heteroatoms. The number of nitriles is 1. The SMILES string of the molecule is COCc1c(C#N)nnn1-c1ccc(F)c(Cl)c1. The molecule has 0 unspecified atom stereocenters. The van der Waals surface area contributed by atoms with Crippen LogP contribution in [0, 0.1) is 17.1 Å². The monoisotopic (exact) mass is 266 g/mol. The lowest BCUT2D eigenvalue weighted by molar-refractivity contribution is 0.179. The van der Waals surface area contributed by atoms with E-state index in [-0.39, 0.29) is 17.3 Å². The van der Waals surface area contributed by atoms with E-state index in [1.807, 2.05) is 6.07 Å². The van der Waals surface area contributed by atoms with E-state index in [2.05, 4.69) is 10.3 Å². The van der Waals surface area contributed by atoms with E-state index in [0.717, 1.165) is 0 Å². The van der Waals surface area contributed by atoms with Gasteiger partial charge in [-0.05, 0) is 18.2 Å². The maximum atomic E-state index is 13.1. The standard InChI is InChI=1S/C11H8ClFN4O/c1-18-6-11-10(5-14)15-16-17(11)7-2-3-9(13)8(12)4-7/h2-4H,6H2,1H3. The van der Waals surface area contributed by atoms with Crippen LogP contribution in [0.4, 0.5) is 4.39 Å². The van der Waals surface area contributed by atoms with E-state index in [9.17, 15) is 4.39 Å². The van der Waals surface area contributed by atoms with Crippen LogP contribution in [-0.4, -0.2) is 22.1 Å². The lowest BCUT2D eigenvalue weighted by atomic mass is 10.3. The number of hydrogen-bond donors (Lipinski definition) is 0. The summed E-state index contributed by atoms with van der Waals surface area (Å²) in [7, 11) is 1.50. The van der Waals surface area contributed by atoms with Gasteiger partial charge in [-0.2, -0.15) is 5.26 Å². The summed E-state index contributed by atoms with van der Waals surface area (Å²) < 4.78 is 19.5. The molecule has 0 amide bonds. The van der Waals surface area contributed by atoms with Gasteiger partial charge in [-0.3, -0.25) is 0 Å². The summed E-state index contributed by atoms with van der Waals surface area (Å²) in [5.74, 6) is -0.519. The summed E-state index contributed by atoms with van der Waals surface area (Å²) in [6.45, 7) is 0.172. The van der Waals surface area contributed by atoms with Crippen LogP contribution >= 0.6 is 11.6 Å². The molecule has 0 aliphatic carbocycles. The van der Waals surface area contributed by atoms with Gasteiger partial charge in [0.15, 0.2) is 5.69 Å². The number of rotatable bonds is 3. The number of nitrogens with zero attached hydrogens (tertiary/aromatic N) is 4. The fraction of sp³-hybridized carbons (Fsp3) is 0.182. The first kappa shape index (κ1) is 12.5. The van der Waals surface area contributed by atoms with Gasteiger partial charge in [0.05, 0.1) is 17.3 Å². The second-order valence-corrected chi connectivity index (χ2v) is 3.85. The van der Waals surface area contributed by atoms with E-state index < -0.39 is 5.82 Å². The topological polar surface area (TPSA) is 63.7 Å². The molecule has 0 saturated heterocycles. The third-order valence-corrected chi connectivity index (χ3v) is 2.59. The largest absolute Gasteiger partial charge is 0.378 e. The van der Waals surface area contributed by atoms with Crippen LogP contribution in [0.2, 0.25) is 5.02 Å². The fourth-order valence-electron chi connectivity index (χ4n) is 1.48. The zero-order valence-electron chi connectivity index (χ0n) is 9.39.